The van der Waals surface area contributed by atoms with Crippen molar-refractivity contribution in [2.45, 2.75) is 125 Å². The number of unbranched alkanes of at least 4 members (excludes halogenated alkanes) is 1. The molecule has 1 heterocycles. The highest BCUT2D eigenvalue weighted by Crippen LogP contribution is 2.27. The van der Waals surface area contributed by atoms with Crippen LogP contribution in [-0.4, -0.2) is 147 Å². The molecule has 0 spiro atoms. The van der Waals surface area contributed by atoms with Crippen LogP contribution in [0.2, 0.25) is 0 Å². The lowest BCUT2D eigenvalue weighted by atomic mass is 9.90. The predicted molar refractivity (Wildman–Crippen MR) is 350 cm³/mol. The van der Waals surface area contributed by atoms with Gasteiger partial charge in [-0.05, 0) is 102 Å². The number of nitrogen functional groups attached to an aromatic ring is 1. The van der Waals surface area contributed by atoms with Crippen molar-refractivity contribution in [2.24, 2.45) is 11.5 Å². The number of aliphatic hydroxyl groups is 1. The van der Waals surface area contributed by atoms with Gasteiger partial charge in [-0.25, -0.2) is 4.79 Å². The summed E-state index contributed by atoms with van der Waals surface area (Å²) in [5.41, 5.74) is 21.7. The van der Waals surface area contributed by atoms with E-state index < -0.39 is 120 Å². The molecule has 1 saturated heterocycles. The number of hydrogen-bond donors (Lipinski definition) is 14. The van der Waals surface area contributed by atoms with Crippen LogP contribution in [0, 0.1) is 0 Å². The van der Waals surface area contributed by atoms with Crippen LogP contribution in [0.5, 0.6) is 5.75 Å². The molecule has 6 aromatic rings. The number of carboxylic acid groups (broad SMARTS) is 1. The summed E-state index contributed by atoms with van der Waals surface area (Å²) in [6, 6.07) is 29.3. The Hall–Kier alpha value is -9.01. The van der Waals surface area contributed by atoms with E-state index in [9.17, 15) is 44.1 Å². The van der Waals surface area contributed by atoms with Crippen LogP contribution in [0.1, 0.15) is 66.8 Å². The number of aromatic hydroxyl groups is 1. The number of carboxylic acids is 1. The van der Waals surface area contributed by atoms with E-state index in [4.69, 9.17) is 17.2 Å². The van der Waals surface area contributed by atoms with Crippen LogP contribution in [-0.2, 0) is 68.8 Å². The third kappa shape index (κ3) is 21.0. The largest absolute Gasteiger partial charge is 0.508 e. The van der Waals surface area contributed by atoms with Gasteiger partial charge in [0.2, 0.25) is 47.3 Å². The van der Waals surface area contributed by atoms with Crippen molar-refractivity contribution in [1.29, 1.82) is 0 Å². The van der Waals surface area contributed by atoms with Crippen molar-refractivity contribution in [3.05, 3.63) is 179 Å². The minimum absolute atomic E-state index is 0.0121. The molecule has 0 unspecified atom stereocenters. The summed E-state index contributed by atoms with van der Waals surface area (Å²) >= 11 is 0. The van der Waals surface area contributed by atoms with Crippen LogP contribution in [0.3, 0.4) is 0 Å². The summed E-state index contributed by atoms with van der Waals surface area (Å²) in [4.78, 5) is 131. The van der Waals surface area contributed by atoms with E-state index in [-0.39, 0.29) is 62.3 Å². The molecule has 0 bridgehead atoms. The zero-order valence-electron chi connectivity index (χ0n) is 50.4. The summed E-state index contributed by atoms with van der Waals surface area (Å²) in [7, 11) is 1.87. The van der Waals surface area contributed by atoms with Gasteiger partial charge in [-0.1, -0.05) is 156 Å². The Morgan fingerprint density at radius 1 is 0.549 bits per heavy atom. The van der Waals surface area contributed by atoms with Gasteiger partial charge in [-0.2, -0.15) is 0 Å². The Kier molecular flexibility index (Phi) is 26.2. The number of benzene rings is 6. The summed E-state index contributed by atoms with van der Waals surface area (Å²) < 4.78 is 0. The number of amides is 8. The highest BCUT2D eigenvalue weighted by atomic mass is 33.1. The number of carbonyl (C=O) groups excluding carboxylic acids is 8. The summed E-state index contributed by atoms with van der Waals surface area (Å²) in [6.07, 6.45) is -1.47. The highest BCUT2D eigenvalue weighted by molar-refractivity contribution is 8.76. The molecule has 8 amide bonds. The quantitative estimate of drug-likeness (QED) is 0.0334. The van der Waals surface area contributed by atoms with E-state index in [2.05, 4.69) is 42.5 Å². The number of aliphatic hydroxyl groups excluding tert-OH is 1. The minimum atomic E-state index is -1.75. The molecule has 0 aliphatic carbocycles. The monoisotopic (exact) mass is 1280 g/mol. The highest BCUT2D eigenvalue weighted by Gasteiger charge is 2.38. The fourth-order valence-electron chi connectivity index (χ4n) is 10.2. The van der Waals surface area contributed by atoms with Crippen LogP contribution < -0.4 is 59.7 Å². The van der Waals surface area contributed by atoms with Crippen molar-refractivity contribution in [1.82, 2.24) is 42.5 Å². The molecule has 1 fully saturated rings. The van der Waals surface area contributed by atoms with Crippen molar-refractivity contribution in [3.63, 3.8) is 0 Å². The molecule has 0 aromatic heterocycles. The second-order valence-corrected chi connectivity index (χ2v) is 25.0. The lowest BCUT2D eigenvalue weighted by Crippen LogP contribution is -2.62. The number of carbonyl (C=O) groups is 9. The maximum absolute atomic E-state index is 15.3. The molecular weight excluding hydrogens is 1200 g/mol. The van der Waals surface area contributed by atoms with Crippen molar-refractivity contribution in [3.8, 4) is 5.75 Å². The molecule has 91 heavy (non-hydrogen) atoms. The normalized spacial score (nSPS) is 22.3. The maximum atomic E-state index is 15.3. The lowest BCUT2D eigenvalue weighted by Gasteiger charge is -2.31. The Morgan fingerprint density at radius 2 is 1.03 bits per heavy atom. The average Bonchev–Trinajstić information content (AvgIpc) is 1.10. The first-order chi connectivity index (χ1) is 43.6. The molecule has 0 radical (unpaired) electrons. The molecule has 17 N–H and O–H groups in total. The van der Waals surface area contributed by atoms with Crippen LogP contribution in [0.15, 0.2) is 152 Å². The summed E-state index contributed by atoms with van der Waals surface area (Å²) in [5.74, 6) is -10.0. The SMILES string of the molecule is C[C@H](c1ccc2ccccc2c1)[C@@H]1NC(=O)[C@H](Cc2ccc(N)cc2)NC(=O)[C@H](Cc2ccccc2)NC(=O)[C@H](NC(=O)[C@@H](N)Cc2ccc(O)cc2)CSSC[C@@H](C(=O)O)NC(=O)[C@H](Cc2ccccc2)NC(=O)[C@H]([C@@H](C)O)NC(=O)[C@H](CCCCN)NC1=O. The molecule has 1 aliphatic heterocycles. The zero-order valence-corrected chi connectivity index (χ0v) is 52.1. The summed E-state index contributed by atoms with van der Waals surface area (Å²) in [5, 5.41) is 54.9. The second kappa shape index (κ2) is 34.3. The molecule has 23 nitrogen and oxygen atoms in total. The maximum Gasteiger partial charge on any atom is 0.327 e. The smallest absolute Gasteiger partial charge is 0.327 e. The first-order valence-corrected chi connectivity index (χ1v) is 32.4. The number of hydrogen-bond acceptors (Lipinski definition) is 16. The number of phenols is 1. The van der Waals surface area contributed by atoms with Gasteiger partial charge in [0.05, 0.1) is 12.1 Å². The van der Waals surface area contributed by atoms with E-state index in [1.165, 1.54) is 19.1 Å². The second-order valence-electron chi connectivity index (χ2n) is 22.5. The molecule has 11 atom stereocenters. The van der Waals surface area contributed by atoms with Gasteiger partial charge >= 0.3 is 5.97 Å². The average molecular weight is 1280 g/mol. The number of fused-ring (bicyclic) bond motifs is 1. The van der Waals surface area contributed by atoms with Crippen molar-refractivity contribution < 1.29 is 58.5 Å². The Labute approximate surface area is 535 Å². The molecule has 7 rings (SSSR count). The predicted octanol–water partition coefficient (Wildman–Crippen LogP) is 2.40. The molecule has 6 aromatic carbocycles. The third-order valence-electron chi connectivity index (χ3n) is 15.4. The fourth-order valence-corrected chi connectivity index (χ4v) is 12.5. The molecule has 482 valence electrons. The van der Waals surface area contributed by atoms with Crippen LogP contribution in [0.4, 0.5) is 5.69 Å². The number of anilines is 1. The van der Waals surface area contributed by atoms with E-state index in [0.29, 0.717) is 39.9 Å². The molecular formula is C66H79N11O12S2. The Bertz CT molecular complexity index is 3460. The van der Waals surface area contributed by atoms with Gasteiger partial charge in [0, 0.05) is 42.4 Å². The number of aliphatic carboxylic acids is 1. The molecule has 25 heteroatoms. The fraction of sp³-hybridized carbons (Fsp3) is 0.348. The van der Waals surface area contributed by atoms with Gasteiger partial charge in [0.15, 0.2) is 0 Å². The van der Waals surface area contributed by atoms with Gasteiger partial charge < -0.3 is 75.1 Å². The number of nitrogens with two attached hydrogens (primary N) is 3. The topological polar surface area (TPSA) is 389 Å². The number of rotatable bonds is 18. The van der Waals surface area contributed by atoms with Crippen molar-refractivity contribution in [2.75, 3.05) is 23.8 Å². The first kappa shape index (κ1) is 69.5. The van der Waals surface area contributed by atoms with Gasteiger partial charge in [-0.3, -0.25) is 38.4 Å². The van der Waals surface area contributed by atoms with E-state index >= 15 is 14.4 Å². The molecule has 0 saturated carbocycles. The minimum Gasteiger partial charge on any atom is -0.508 e. The van der Waals surface area contributed by atoms with E-state index in [1.54, 1.807) is 110 Å². The van der Waals surface area contributed by atoms with Gasteiger partial charge in [-0.15, -0.1) is 0 Å². The number of nitrogens with one attached hydrogen (secondary N) is 8. The van der Waals surface area contributed by atoms with Gasteiger partial charge in [0.25, 0.3) is 0 Å². The zero-order chi connectivity index (χ0) is 65.6. The van der Waals surface area contributed by atoms with Crippen LogP contribution >= 0.6 is 21.6 Å². The third-order valence-corrected chi connectivity index (χ3v) is 17.9. The van der Waals surface area contributed by atoms with Crippen LogP contribution in [0.25, 0.3) is 10.8 Å². The number of phenolic OH excluding ortho intramolecular Hbond substituents is 1. The first-order valence-electron chi connectivity index (χ1n) is 29.9. The summed E-state index contributed by atoms with van der Waals surface area (Å²) in [6.45, 7) is 3.16. The Morgan fingerprint density at radius 3 is 1.63 bits per heavy atom. The van der Waals surface area contributed by atoms with Crippen molar-refractivity contribution >= 4 is 91.3 Å². The lowest BCUT2D eigenvalue weighted by molar-refractivity contribution is -0.141. The molecule has 1 aliphatic rings. The Balaban J connectivity index is 1.32. The van der Waals surface area contributed by atoms with E-state index in [1.807, 2.05) is 36.4 Å². The van der Waals surface area contributed by atoms with E-state index in [0.717, 1.165) is 32.4 Å². The van der Waals surface area contributed by atoms with Gasteiger partial charge in [0.1, 0.15) is 54.1 Å². The standard InChI is InChI=1S/C66H79N11O12S2/c1-38(45-25-24-44-17-9-10-18-46(44)35-45)56-64(86)70-50(19-11-12-30-67)59(81)77-57(39(2)78)65(87)73-52(33-41-15-7-4-8-16-41)61(83)75-55(66(88)89)37-91-90-36-54(74-58(80)49(69)31-42-22-28-48(79)29-23-42)63(85)72-51(32-40-13-5-3-6-14-40)60(82)71-53(62(84)76-56)34-43-20-26-47(68)27-21-43/h3-10,13-18,20-29,35,38-39,49-57,78-79H,11-12,19,30-34,36-37,67-69H2,1-2H3,(H,70,86)(H,71,82)(H,72,85)(H,73,87)(H,74,80)(H,75,83)(H,76,84)(H,77,81)(H,88,89)/t38-,39-,49+,50+,51+,52+,53+,54-,55+,56+,57+/m1/s1.